The Balaban J connectivity index is 2.68. The second-order valence-corrected chi connectivity index (χ2v) is 6.11. The first kappa shape index (κ1) is 15.4. The van der Waals surface area contributed by atoms with E-state index in [-0.39, 0.29) is 0 Å². The third-order valence-corrected chi connectivity index (χ3v) is 3.87. The minimum Gasteiger partial charge on any atom is -0.478 e. The van der Waals surface area contributed by atoms with Gasteiger partial charge in [0.15, 0.2) is 0 Å². The minimum absolute atomic E-state index is 0.308. The highest BCUT2D eigenvalue weighted by Gasteiger charge is 2.10. The number of hydrogen-bond donors (Lipinski definition) is 1. The van der Waals surface area contributed by atoms with Crippen LogP contribution in [0.15, 0.2) is 54.5 Å². The van der Waals surface area contributed by atoms with Crippen LogP contribution in [0, 0.1) is 5.92 Å². The van der Waals surface area contributed by atoms with Crippen molar-refractivity contribution in [3.05, 3.63) is 65.6 Å². The third kappa shape index (κ3) is 3.56. The van der Waals surface area contributed by atoms with Crippen LogP contribution in [0.2, 0.25) is 0 Å². The normalized spacial score (nSPS) is 11.9. The van der Waals surface area contributed by atoms with Crippen LogP contribution < -0.4 is 0 Å². The molecule has 1 N–H and O–H groups in total. The molecular weight excluding hydrogens is 280 g/mol. The zero-order valence-electron chi connectivity index (χ0n) is 12.2. The standard InChI is InChI=1S/C18H18O2S/c1-4-21-17(10-12(2)3)15-7-5-6-13-8-9-14(18(19)20)11-16(13)15/h4-12H,1H2,2-3H3,(H,19,20)/b17-10-. The second kappa shape index (κ2) is 6.64. The summed E-state index contributed by atoms with van der Waals surface area (Å²) < 4.78 is 0. The lowest BCUT2D eigenvalue weighted by Gasteiger charge is -2.11. The highest BCUT2D eigenvalue weighted by Crippen LogP contribution is 2.34. The van der Waals surface area contributed by atoms with Crippen LogP contribution in [0.4, 0.5) is 0 Å². The van der Waals surface area contributed by atoms with E-state index in [0.717, 1.165) is 21.2 Å². The van der Waals surface area contributed by atoms with Crippen LogP contribution in [-0.4, -0.2) is 11.1 Å². The van der Waals surface area contributed by atoms with E-state index < -0.39 is 5.97 Å². The molecule has 2 nitrogen and oxygen atoms in total. The van der Waals surface area contributed by atoms with Gasteiger partial charge >= 0.3 is 5.97 Å². The molecule has 0 aliphatic heterocycles. The van der Waals surface area contributed by atoms with Crippen LogP contribution in [0.1, 0.15) is 29.8 Å². The number of fused-ring (bicyclic) bond motifs is 1. The number of thioether (sulfide) groups is 1. The predicted molar refractivity (Wildman–Crippen MR) is 91.5 cm³/mol. The molecule has 0 aliphatic rings. The summed E-state index contributed by atoms with van der Waals surface area (Å²) in [5.41, 5.74) is 1.36. The molecule has 0 saturated carbocycles. The number of aromatic carboxylic acids is 1. The number of carboxylic acid groups (broad SMARTS) is 1. The smallest absolute Gasteiger partial charge is 0.335 e. The maximum atomic E-state index is 11.2. The topological polar surface area (TPSA) is 37.3 Å². The maximum Gasteiger partial charge on any atom is 0.335 e. The molecule has 0 saturated heterocycles. The van der Waals surface area contributed by atoms with E-state index in [2.05, 4.69) is 26.5 Å². The van der Waals surface area contributed by atoms with Gasteiger partial charge in [0, 0.05) is 4.91 Å². The molecule has 3 heteroatoms. The molecular formula is C18H18O2S. The molecule has 2 aromatic rings. The molecule has 0 radical (unpaired) electrons. The molecule has 108 valence electrons. The fourth-order valence-electron chi connectivity index (χ4n) is 2.21. The van der Waals surface area contributed by atoms with Crippen molar-refractivity contribution in [2.45, 2.75) is 13.8 Å². The fraction of sp³-hybridized carbons (Fsp3) is 0.167. The molecule has 2 rings (SSSR count). The Bertz CT molecular complexity index is 714. The van der Waals surface area contributed by atoms with Gasteiger partial charge in [0.05, 0.1) is 5.56 Å². The first-order valence-electron chi connectivity index (χ1n) is 6.78. The maximum absolute atomic E-state index is 11.2. The van der Waals surface area contributed by atoms with E-state index in [1.54, 1.807) is 29.3 Å². The molecule has 0 aromatic heterocycles. The number of benzene rings is 2. The average molecular weight is 298 g/mol. The van der Waals surface area contributed by atoms with Crippen molar-refractivity contribution in [2.24, 2.45) is 5.92 Å². The summed E-state index contributed by atoms with van der Waals surface area (Å²) in [4.78, 5) is 12.3. The Morgan fingerprint density at radius 1 is 1.29 bits per heavy atom. The Morgan fingerprint density at radius 3 is 2.67 bits per heavy atom. The average Bonchev–Trinajstić information content (AvgIpc) is 2.45. The van der Waals surface area contributed by atoms with Crippen molar-refractivity contribution in [3.63, 3.8) is 0 Å². The fourth-order valence-corrected chi connectivity index (χ4v) is 3.04. The molecule has 0 aliphatic carbocycles. The van der Waals surface area contributed by atoms with Gasteiger partial charge in [0.2, 0.25) is 0 Å². The summed E-state index contributed by atoms with van der Waals surface area (Å²) in [5.74, 6) is -0.497. The van der Waals surface area contributed by atoms with Gasteiger partial charge in [-0.15, -0.1) is 0 Å². The Labute approximate surface area is 129 Å². The summed E-state index contributed by atoms with van der Waals surface area (Å²) in [7, 11) is 0. The van der Waals surface area contributed by atoms with Crippen molar-refractivity contribution in [1.29, 1.82) is 0 Å². The lowest BCUT2D eigenvalue weighted by Crippen LogP contribution is -1.96. The van der Waals surface area contributed by atoms with Crippen LogP contribution >= 0.6 is 11.8 Å². The lowest BCUT2D eigenvalue weighted by molar-refractivity contribution is 0.0697. The van der Waals surface area contributed by atoms with Gasteiger partial charge in [-0.05, 0) is 39.8 Å². The molecule has 21 heavy (non-hydrogen) atoms. The highest BCUT2D eigenvalue weighted by atomic mass is 32.2. The summed E-state index contributed by atoms with van der Waals surface area (Å²) in [6.45, 7) is 8.03. The highest BCUT2D eigenvalue weighted by molar-refractivity contribution is 8.10. The zero-order chi connectivity index (χ0) is 15.4. The predicted octanol–water partition coefficient (Wildman–Crippen LogP) is 5.41. The molecule has 2 aromatic carbocycles. The van der Waals surface area contributed by atoms with E-state index in [0.29, 0.717) is 11.5 Å². The molecule has 0 bridgehead atoms. The SMILES string of the molecule is C=CS/C(=C\C(C)C)c1cccc2ccc(C(=O)O)cc12. The van der Waals surface area contributed by atoms with Crippen LogP contribution in [0.3, 0.4) is 0 Å². The molecule has 0 fully saturated rings. The summed E-state index contributed by atoms with van der Waals surface area (Å²) in [6.07, 6.45) is 2.18. The molecule has 0 heterocycles. The molecule has 0 spiro atoms. The quantitative estimate of drug-likeness (QED) is 0.801. The molecule has 0 amide bonds. The lowest BCUT2D eigenvalue weighted by atomic mass is 10.0. The first-order valence-corrected chi connectivity index (χ1v) is 7.66. The zero-order valence-corrected chi connectivity index (χ0v) is 13.0. The van der Waals surface area contributed by atoms with Gasteiger partial charge < -0.3 is 5.11 Å². The number of hydrogen-bond acceptors (Lipinski definition) is 2. The number of allylic oxidation sites excluding steroid dienone is 1. The third-order valence-electron chi connectivity index (χ3n) is 3.09. The van der Waals surface area contributed by atoms with Crippen molar-refractivity contribution in [1.82, 2.24) is 0 Å². The van der Waals surface area contributed by atoms with Crippen LogP contribution in [0.25, 0.3) is 15.7 Å². The van der Waals surface area contributed by atoms with E-state index in [9.17, 15) is 9.90 Å². The van der Waals surface area contributed by atoms with Crippen molar-refractivity contribution < 1.29 is 9.90 Å². The molecule has 0 unspecified atom stereocenters. The van der Waals surface area contributed by atoms with E-state index in [1.807, 2.05) is 24.3 Å². The second-order valence-electron chi connectivity index (χ2n) is 5.11. The summed E-state index contributed by atoms with van der Waals surface area (Å²) in [5, 5.41) is 13.0. The van der Waals surface area contributed by atoms with E-state index >= 15 is 0 Å². The van der Waals surface area contributed by atoms with Gasteiger partial charge in [-0.3, -0.25) is 0 Å². The molecule has 0 atom stereocenters. The summed E-state index contributed by atoms with van der Waals surface area (Å²) in [6, 6.07) is 11.3. The van der Waals surface area contributed by atoms with Crippen molar-refractivity contribution >= 4 is 33.4 Å². The first-order chi connectivity index (χ1) is 10.0. The van der Waals surface area contributed by atoms with Gasteiger partial charge in [0.1, 0.15) is 0 Å². The Hall–Kier alpha value is -2.00. The number of carboxylic acids is 1. The van der Waals surface area contributed by atoms with Gasteiger partial charge in [0.25, 0.3) is 0 Å². The van der Waals surface area contributed by atoms with E-state index in [1.165, 1.54) is 0 Å². The number of carbonyl (C=O) groups is 1. The largest absolute Gasteiger partial charge is 0.478 e. The number of rotatable bonds is 5. The van der Waals surface area contributed by atoms with Crippen molar-refractivity contribution in [3.8, 4) is 0 Å². The van der Waals surface area contributed by atoms with Crippen LogP contribution in [0.5, 0.6) is 0 Å². The minimum atomic E-state index is -0.905. The monoisotopic (exact) mass is 298 g/mol. The Kier molecular flexibility index (Phi) is 4.86. The van der Waals surface area contributed by atoms with Crippen molar-refractivity contribution in [2.75, 3.05) is 0 Å². The van der Waals surface area contributed by atoms with Gasteiger partial charge in [-0.2, -0.15) is 0 Å². The van der Waals surface area contributed by atoms with Crippen LogP contribution in [-0.2, 0) is 0 Å². The Morgan fingerprint density at radius 2 is 2.05 bits per heavy atom. The summed E-state index contributed by atoms with van der Waals surface area (Å²) >= 11 is 1.56. The van der Waals surface area contributed by atoms with Gasteiger partial charge in [-0.1, -0.05) is 62.5 Å². The van der Waals surface area contributed by atoms with E-state index in [4.69, 9.17) is 0 Å². The van der Waals surface area contributed by atoms with Gasteiger partial charge in [-0.25, -0.2) is 4.79 Å².